The van der Waals surface area contributed by atoms with Crippen molar-refractivity contribution in [1.29, 1.82) is 0 Å². The zero-order valence-electron chi connectivity index (χ0n) is 17.6. The number of rotatable bonds is 9. The Bertz CT molecular complexity index is 950. The molecule has 3 aromatic rings. The van der Waals surface area contributed by atoms with Crippen LogP contribution in [-0.4, -0.2) is 48.7 Å². The van der Waals surface area contributed by atoms with Crippen molar-refractivity contribution in [2.45, 2.75) is 31.6 Å². The normalized spacial score (nSPS) is 11.3. The number of thioether (sulfide) groups is 1. The maximum atomic E-state index is 13.4. The molecule has 0 aliphatic rings. The summed E-state index contributed by atoms with van der Waals surface area (Å²) >= 11 is 3.39. The zero-order valence-corrected chi connectivity index (χ0v) is 19.3. The molecule has 0 fully saturated rings. The summed E-state index contributed by atoms with van der Waals surface area (Å²) in [5, 5.41) is 0.789. The van der Waals surface area contributed by atoms with Gasteiger partial charge in [-0.3, -0.25) is 9.69 Å². The second kappa shape index (κ2) is 10.2. The molecule has 0 aliphatic heterocycles. The SMILES string of the molecule is CCSc1ccc(C(=O)N(CCCN(C)C)c2nc3c(CC)cccc3s2)cc1. The van der Waals surface area contributed by atoms with Gasteiger partial charge in [0.1, 0.15) is 0 Å². The van der Waals surface area contributed by atoms with E-state index in [1.807, 2.05) is 29.2 Å². The summed E-state index contributed by atoms with van der Waals surface area (Å²) in [6.07, 6.45) is 1.84. The molecule has 0 unspecified atom stereocenters. The third-order valence-corrected chi connectivity index (χ3v) is 6.69. The van der Waals surface area contributed by atoms with Gasteiger partial charge in [-0.2, -0.15) is 0 Å². The number of aryl methyl sites for hydroxylation is 1. The average Bonchev–Trinajstić information content (AvgIpc) is 3.15. The maximum absolute atomic E-state index is 13.4. The number of carbonyl (C=O) groups excluding carboxylic acids is 1. The van der Waals surface area contributed by atoms with Gasteiger partial charge in [-0.1, -0.05) is 37.3 Å². The van der Waals surface area contributed by atoms with Gasteiger partial charge in [0, 0.05) is 17.0 Å². The minimum absolute atomic E-state index is 0.0221. The lowest BCUT2D eigenvalue weighted by molar-refractivity contribution is 0.0986. The van der Waals surface area contributed by atoms with Crippen molar-refractivity contribution in [3.8, 4) is 0 Å². The highest BCUT2D eigenvalue weighted by molar-refractivity contribution is 7.99. The Hall–Kier alpha value is -1.89. The largest absolute Gasteiger partial charge is 0.309 e. The Balaban J connectivity index is 1.92. The Kier molecular flexibility index (Phi) is 7.70. The van der Waals surface area contributed by atoms with Gasteiger partial charge in [0.25, 0.3) is 5.91 Å². The number of anilines is 1. The number of hydrogen-bond donors (Lipinski definition) is 0. The highest BCUT2D eigenvalue weighted by atomic mass is 32.2. The summed E-state index contributed by atoms with van der Waals surface area (Å²) in [7, 11) is 4.11. The van der Waals surface area contributed by atoms with Crippen molar-refractivity contribution in [1.82, 2.24) is 9.88 Å². The minimum atomic E-state index is 0.0221. The predicted octanol–water partition coefficient (Wildman–Crippen LogP) is 5.57. The van der Waals surface area contributed by atoms with Crippen molar-refractivity contribution < 1.29 is 4.79 Å². The lowest BCUT2D eigenvalue weighted by Crippen LogP contribution is -2.33. The Morgan fingerprint density at radius 1 is 1.07 bits per heavy atom. The molecule has 0 bridgehead atoms. The lowest BCUT2D eigenvalue weighted by Gasteiger charge is -2.21. The summed E-state index contributed by atoms with van der Waals surface area (Å²) in [6, 6.07) is 14.2. The Morgan fingerprint density at radius 2 is 1.83 bits per heavy atom. The number of carbonyl (C=O) groups is 1. The number of thiazole rings is 1. The quantitative estimate of drug-likeness (QED) is 0.418. The standard InChI is InChI=1S/C23H29N3OS2/c1-5-17-9-7-10-20-21(17)24-23(29-20)26(16-8-15-25(3)4)22(27)18-11-13-19(14-12-18)28-6-2/h7,9-14H,5-6,8,15-16H2,1-4H3. The smallest absolute Gasteiger partial charge is 0.260 e. The van der Waals surface area contributed by atoms with E-state index in [1.165, 1.54) is 10.5 Å². The molecule has 0 radical (unpaired) electrons. The van der Waals surface area contributed by atoms with Crippen LogP contribution in [0.1, 0.15) is 36.2 Å². The number of hydrogen-bond acceptors (Lipinski definition) is 5. The Morgan fingerprint density at radius 3 is 2.48 bits per heavy atom. The van der Waals surface area contributed by atoms with Gasteiger partial charge in [0.2, 0.25) is 0 Å². The highest BCUT2D eigenvalue weighted by Crippen LogP contribution is 2.32. The number of aromatic nitrogens is 1. The molecule has 0 atom stereocenters. The molecule has 0 N–H and O–H groups in total. The number of para-hydroxylation sites is 1. The molecule has 4 nitrogen and oxygen atoms in total. The van der Waals surface area contributed by atoms with E-state index in [4.69, 9.17) is 4.98 Å². The molecule has 6 heteroatoms. The van der Waals surface area contributed by atoms with Gasteiger partial charge in [-0.15, -0.1) is 11.8 Å². The summed E-state index contributed by atoms with van der Waals surface area (Å²) in [6.45, 7) is 5.86. The molecule has 29 heavy (non-hydrogen) atoms. The Labute approximate surface area is 181 Å². The summed E-state index contributed by atoms with van der Waals surface area (Å²) in [4.78, 5) is 23.5. The van der Waals surface area contributed by atoms with Crippen molar-refractivity contribution in [2.75, 3.05) is 37.8 Å². The van der Waals surface area contributed by atoms with Gasteiger partial charge in [-0.25, -0.2) is 4.98 Å². The average molecular weight is 428 g/mol. The van der Waals surface area contributed by atoms with Crippen molar-refractivity contribution >= 4 is 44.4 Å². The van der Waals surface area contributed by atoms with E-state index in [0.29, 0.717) is 12.1 Å². The van der Waals surface area contributed by atoms with E-state index < -0.39 is 0 Å². The van der Waals surface area contributed by atoms with Crippen LogP contribution in [0.15, 0.2) is 47.4 Å². The van der Waals surface area contributed by atoms with E-state index in [2.05, 4.69) is 51.0 Å². The predicted molar refractivity (Wildman–Crippen MR) is 127 cm³/mol. The van der Waals surface area contributed by atoms with Crippen molar-refractivity contribution in [3.63, 3.8) is 0 Å². The fraction of sp³-hybridized carbons (Fsp3) is 0.391. The summed E-state index contributed by atoms with van der Waals surface area (Å²) < 4.78 is 1.14. The summed E-state index contributed by atoms with van der Waals surface area (Å²) in [5.74, 6) is 1.05. The van der Waals surface area contributed by atoms with Gasteiger partial charge in [0.05, 0.1) is 10.2 Å². The molecule has 0 saturated heterocycles. The molecule has 0 aliphatic carbocycles. The van der Waals surface area contributed by atoms with Gasteiger partial charge >= 0.3 is 0 Å². The van der Waals surface area contributed by atoms with Crippen LogP contribution in [0.5, 0.6) is 0 Å². The molecular weight excluding hydrogens is 398 g/mol. The first-order chi connectivity index (χ1) is 14.0. The second-order valence-corrected chi connectivity index (χ2v) is 9.53. The minimum Gasteiger partial charge on any atom is -0.309 e. The molecule has 0 spiro atoms. The van der Waals surface area contributed by atoms with Crippen molar-refractivity contribution in [3.05, 3.63) is 53.6 Å². The lowest BCUT2D eigenvalue weighted by atomic mass is 10.1. The first kappa shape index (κ1) is 21.8. The molecule has 0 saturated carbocycles. The number of fused-ring (bicyclic) bond motifs is 1. The molecule has 1 aromatic heterocycles. The van der Waals surface area contributed by atoms with Crippen LogP contribution in [0.4, 0.5) is 5.13 Å². The second-order valence-electron chi connectivity index (χ2n) is 7.18. The summed E-state index contributed by atoms with van der Waals surface area (Å²) in [5.41, 5.74) is 2.96. The van der Waals surface area contributed by atoms with E-state index in [9.17, 15) is 4.79 Å². The molecule has 1 amide bonds. The number of amides is 1. The van der Waals surface area contributed by atoms with Crippen LogP contribution in [0.25, 0.3) is 10.2 Å². The van der Waals surface area contributed by atoms with E-state index in [1.54, 1.807) is 23.1 Å². The van der Waals surface area contributed by atoms with Crippen molar-refractivity contribution in [2.24, 2.45) is 0 Å². The van der Waals surface area contributed by atoms with Gasteiger partial charge in [-0.05, 0) is 75.1 Å². The van der Waals surface area contributed by atoms with Gasteiger partial charge in [0.15, 0.2) is 5.13 Å². The molecular formula is C23H29N3OS2. The van der Waals surface area contributed by atoms with Crippen LogP contribution in [0.3, 0.4) is 0 Å². The third-order valence-electron chi connectivity index (χ3n) is 4.75. The topological polar surface area (TPSA) is 36.4 Å². The maximum Gasteiger partial charge on any atom is 0.260 e. The monoisotopic (exact) mass is 427 g/mol. The third kappa shape index (κ3) is 5.38. The van der Waals surface area contributed by atoms with E-state index in [-0.39, 0.29) is 5.91 Å². The number of benzene rings is 2. The van der Waals surface area contributed by atoms with E-state index in [0.717, 1.165) is 40.5 Å². The van der Waals surface area contributed by atoms with Crippen LogP contribution in [-0.2, 0) is 6.42 Å². The van der Waals surface area contributed by atoms with Crippen LogP contribution in [0.2, 0.25) is 0 Å². The van der Waals surface area contributed by atoms with Crippen LogP contribution < -0.4 is 4.90 Å². The van der Waals surface area contributed by atoms with Crippen LogP contribution in [0, 0.1) is 0 Å². The zero-order chi connectivity index (χ0) is 20.8. The fourth-order valence-electron chi connectivity index (χ4n) is 3.24. The van der Waals surface area contributed by atoms with E-state index >= 15 is 0 Å². The van der Waals surface area contributed by atoms with Gasteiger partial charge < -0.3 is 4.90 Å². The molecule has 154 valence electrons. The number of nitrogens with zero attached hydrogens (tertiary/aromatic N) is 3. The fourth-order valence-corrected chi connectivity index (χ4v) is 4.94. The van der Waals surface area contributed by atoms with Crippen LogP contribution >= 0.6 is 23.1 Å². The molecule has 2 aromatic carbocycles. The first-order valence-corrected chi connectivity index (χ1v) is 11.9. The first-order valence-electron chi connectivity index (χ1n) is 10.1. The molecule has 1 heterocycles. The highest BCUT2D eigenvalue weighted by Gasteiger charge is 2.21. The molecule has 3 rings (SSSR count).